The van der Waals surface area contributed by atoms with Crippen molar-refractivity contribution >= 4 is 5.91 Å². The monoisotopic (exact) mass is 223 g/mol. The SMILES string of the molecule is CN(C(=O)Cn1cncn1)C1CCCNC1. The van der Waals surface area contributed by atoms with Crippen molar-refractivity contribution in [1.29, 1.82) is 0 Å². The van der Waals surface area contributed by atoms with E-state index in [1.807, 2.05) is 11.9 Å². The molecule has 1 aromatic heterocycles. The molecule has 2 rings (SSSR count). The first-order valence-corrected chi connectivity index (χ1v) is 5.56. The van der Waals surface area contributed by atoms with Gasteiger partial charge in [0.25, 0.3) is 0 Å². The lowest BCUT2D eigenvalue weighted by molar-refractivity contribution is -0.133. The van der Waals surface area contributed by atoms with Crippen LogP contribution in [-0.2, 0) is 11.3 Å². The first-order valence-electron chi connectivity index (χ1n) is 5.56. The second kappa shape index (κ2) is 5.07. The second-order valence-electron chi connectivity index (χ2n) is 4.10. The number of hydrogen-bond donors (Lipinski definition) is 1. The fraction of sp³-hybridized carbons (Fsp3) is 0.700. The molecule has 88 valence electrons. The number of likely N-dealkylation sites (N-methyl/N-ethyl adjacent to an activating group) is 1. The van der Waals surface area contributed by atoms with Crippen molar-refractivity contribution in [2.75, 3.05) is 20.1 Å². The number of rotatable bonds is 3. The molecule has 0 saturated carbocycles. The summed E-state index contributed by atoms with van der Waals surface area (Å²) in [5.74, 6) is 0.0826. The molecule has 2 heterocycles. The molecule has 16 heavy (non-hydrogen) atoms. The van der Waals surface area contributed by atoms with E-state index >= 15 is 0 Å². The van der Waals surface area contributed by atoms with Gasteiger partial charge in [-0.15, -0.1) is 0 Å². The van der Waals surface area contributed by atoms with Gasteiger partial charge in [-0.1, -0.05) is 0 Å². The Hall–Kier alpha value is -1.43. The molecule has 1 atom stereocenters. The number of piperidine rings is 1. The number of amides is 1. The minimum Gasteiger partial charge on any atom is -0.340 e. The van der Waals surface area contributed by atoms with Gasteiger partial charge in [-0.25, -0.2) is 9.67 Å². The van der Waals surface area contributed by atoms with Crippen LogP contribution in [0.15, 0.2) is 12.7 Å². The van der Waals surface area contributed by atoms with Crippen molar-refractivity contribution in [3.63, 3.8) is 0 Å². The van der Waals surface area contributed by atoms with E-state index in [4.69, 9.17) is 0 Å². The Bertz CT molecular complexity index is 331. The number of nitrogens with one attached hydrogen (secondary N) is 1. The Morgan fingerprint density at radius 3 is 3.19 bits per heavy atom. The van der Waals surface area contributed by atoms with Gasteiger partial charge in [0.05, 0.1) is 0 Å². The van der Waals surface area contributed by atoms with E-state index < -0.39 is 0 Å². The Labute approximate surface area is 94.6 Å². The average molecular weight is 223 g/mol. The number of carbonyl (C=O) groups excluding carboxylic acids is 1. The van der Waals surface area contributed by atoms with E-state index in [1.54, 1.807) is 11.0 Å². The van der Waals surface area contributed by atoms with E-state index in [1.165, 1.54) is 6.33 Å². The molecule has 1 aliphatic rings. The minimum absolute atomic E-state index is 0.0826. The Balaban J connectivity index is 1.88. The molecule has 1 aromatic rings. The standard InChI is InChI=1S/C10H17N5O/c1-14(9-3-2-4-11-5-9)10(16)6-15-8-12-7-13-15/h7-9,11H,2-6H2,1H3. The van der Waals surface area contributed by atoms with Crippen LogP contribution < -0.4 is 5.32 Å². The van der Waals surface area contributed by atoms with Gasteiger partial charge in [0, 0.05) is 19.6 Å². The largest absolute Gasteiger partial charge is 0.340 e. The molecule has 6 nitrogen and oxygen atoms in total. The molecule has 1 N–H and O–H groups in total. The van der Waals surface area contributed by atoms with Crippen LogP contribution in [0, 0.1) is 0 Å². The van der Waals surface area contributed by atoms with Gasteiger partial charge in [0.2, 0.25) is 5.91 Å². The molecule has 1 fully saturated rings. The number of hydrogen-bond acceptors (Lipinski definition) is 4. The van der Waals surface area contributed by atoms with Gasteiger partial charge in [0.1, 0.15) is 19.2 Å². The third-order valence-electron chi connectivity index (χ3n) is 2.98. The third-order valence-corrected chi connectivity index (χ3v) is 2.98. The molecule has 0 bridgehead atoms. The van der Waals surface area contributed by atoms with Crippen molar-refractivity contribution in [1.82, 2.24) is 25.0 Å². The van der Waals surface area contributed by atoms with Crippen LogP contribution in [0.2, 0.25) is 0 Å². The van der Waals surface area contributed by atoms with Gasteiger partial charge in [0.15, 0.2) is 0 Å². The third kappa shape index (κ3) is 2.57. The van der Waals surface area contributed by atoms with Crippen molar-refractivity contribution in [2.24, 2.45) is 0 Å². The molecule has 0 spiro atoms. The van der Waals surface area contributed by atoms with Crippen LogP contribution >= 0.6 is 0 Å². The summed E-state index contributed by atoms with van der Waals surface area (Å²) in [5, 5.41) is 7.23. The summed E-state index contributed by atoms with van der Waals surface area (Å²) in [6, 6.07) is 0.310. The summed E-state index contributed by atoms with van der Waals surface area (Å²) >= 11 is 0. The van der Waals surface area contributed by atoms with E-state index in [9.17, 15) is 4.79 Å². The highest BCUT2D eigenvalue weighted by Gasteiger charge is 2.21. The first kappa shape index (κ1) is 11.1. The van der Waals surface area contributed by atoms with Gasteiger partial charge in [-0.05, 0) is 19.4 Å². The summed E-state index contributed by atoms with van der Waals surface area (Å²) in [5.41, 5.74) is 0. The first-order chi connectivity index (χ1) is 7.77. The zero-order valence-electron chi connectivity index (χ0n) is 9.46. The summed E-state index contributed by atoms with van der Waals surface area (Å²) in [6.07, 6.45) is 5.21. The maximum absolute atomic E-state index is 11.9. The van der Waals surface area contributed by atoms with E-state index in [2.05, 4.69) is 15.4 Å². The van der Waals surface area contributed by atoms with Crippen LogP contribution in [0.1, 0.15) is 12.8 Å². The lowest BCUT2D eigenvalue weighted by atomic mass is 10.1. The van der Waals surface area contributed by atoms with Crippen LogP contribution in [0.3, 0.4) is 0 Å². The second-order valence-corrected chi connectivity index (χ2v) is 4.10. The molecule has 1 amide bonds. The molecular weight excluding hydrogens is 206 g/mol. The smallest absolute Gasteiger partial charge is 0.244 e. The van der Waals surface area contributed by atoms with E-state index in [0.29, 0.717) is 6.04 Å². The topological polar surface area (TPSA) is 63.1 Å². The van der Waals surface area contributed by atoms with Crippen molar-refractivity contribution < 1.29 is 4.79 Å². The van der Waals surface area contributed by atoms with Gasteiger partial charge >= 0.3 is 0 Å². The van der Waals surface area contributed by atoms with Crippen LogP contribution in [0.4, 0.5) is 0 Å². The Morgan fingerprint density at radius 2 is 2.56 bits per heavy atom. The van der Waals surface area contributed by atoms with Gasteiger partial charge in [-0.3, -0.25) is 4.79 Å². The molecule has 0 aliphatic carbocycles. The highest BCUT2D eigenvalue weighted by Crippen LogP contribution is 2.08. The Kier molecular flexibility index (Phi) is 3.51. The zero-order chi connectivity index (χ0) is 11.4. The van der Waals surface area contributed by atoms with Crippen LogP contribution in [0.25, 0.3) is 0 Å². The average Bonchev–Trinajstić information content (AvgIpc) is 2.82. The fourth-order valence-electron chi connectivity index (χ4n) is 1.93. The van der Waals surface area contributed by atoms with Crippen molar-refractivity contribution in [3.8, 4) is 0 Å². The fourth-order valence-corrected chi connectivity index (χ4v) is 1.93. The van der Waals surface area contributed by atoms with Gasteiger partial charge < -0.3 is 10.2 Å². The predicted octanol–water partition coefficient (Wildman–Crippen LogP) is -0.511. The molecule has 0 aromatic carbocycles. The summed E-state index contributed by atoms with van der Waals surface area (Å²) < 4.78 is 1.55. The summed E-state index contributed by atoms with van der Waals surface area (Å²) in [7, 11) is 1.86. The van der Waals surface area contributed by atoms with Crippen LogP contribution in [0.5, 0.6) is 0 Å². The molecular formula is C10H17N5O. The summed E-state index contributed by atoms with van der Waals surface area (Å²) in [6.45, 7) is 2.22. The van der Waals surface area contributed by atoms with E-state index in [-0.39, 0.29) is 12.5 Å². The number of nitrogens with zero attached hydrogens (tertiary/aromatic N) is 4. The summed E-state index contributed by atoms with van der Waals surface area (Å²) in [4.78, 5) is 17.5. The highest BCUT2D eigenvalue weighted by molar-refractivity contribution is 5.75. The van der Waals surface area contributed by atoms with Crippen molar-refractivity contribution in [3.05, 3.63) is 12.7 Å². The minimum atomic E-state index is 0.0826. The quantitative estimate of drug-likeness (QED) is 0.749. The Morgan fingerprint density at radius 1 is 1.69 bits per heavy atom. The number of aromatic nitrogens is 3. The van der Waals surface area contributed by atoms with E-state index in [0.717, 1.165) is 25.9 Å². The maximum atomic E-state index is 11.9. The zero-order valence-corrected chi connectivity index (χ0v) is 9.46. The highest BCUT2D eigenvalue weighted by atomic mass is 16.2. The lowest BCUT2D eigenvalue weighted by Gasteiger charge is -2.31. The predicted molar refractivity (Wildman–Crippen MR) is 58.7 cm³/mol. The molecule has 1 saturated heterocycles. The molecule has 0 radical (unpaired) electrons. The van der Waals surface area contributed by atoms with Gasteiger partial charge in [-0.2, -0.15) is 5.10 Å². The van der Waals surface area contributed by atoms with Crippen LogP contribution in [-0.4, -0.2) is 51.8 Å². The molecule has 6 heteroatoms. The lowest BCUT2D eigenvalue weighted by Crippen LogP contribution is -2.47. The maximum Gasteiger partial charge on any atom is 0.244 e. The molecule has 1 unspecified atom stereocenters. The molecule has 1 aliphatic heterocycles. The van der Waals surface area contributed by atoms with Crippen molar-refractivity contribution in [2.45, 2.75) is 25.4 Å². The number of carbonyl (C=O) groups is 1. The normalized spacial score (nSPS) is 20.7.